The molecule has 0 aromatic rings. The van der Waals surface area contributed by atoms with Gasteiger partial charge in [0.15, 0.2) is 0 Å². The summed E-state index contributed by atoms with van der Waals surface area (Å²) < 4.78 is 10.2. The second-order valence-electron chi connectivity index (χ2n) is 9.48. The lowest BCUT2D eigenvalue weighted by Gasteiger charge is -2.47. The summed E-state index contributed by atoms with van der Waals surface area (Å²) in [5.74, 6) is 5.91. The Labute approximate surface area is 148 Å². The Bertz CT molecular complexity index is 629. The molecule has 0 aliphatic heterocycles. The maximum atomic E-state index is 12.5. The number of carbonyl (C=O) groups excluding carboxylic acids is 2. The first-order valence-electron chi connectivity index (χ1n) is 9.99. The van der Waals surface area contributed by atoms with Gasteiger partial charge in [-0.2, -0.15) is 0 Å². The van der Waals surface area contributed by atoms with Crippen LogP contribution in [-0.2, 0) is 19.1 Å². The van der Waals surface area contributed by atoms with Gasteiger partial charge in [-0.05, 0) is 78.4 Å². The minimum atomic E-state index is -0.268. The molecule has 0 spiro atoms. The highest BCUT2D eigenvalue weighted by molar-refractivity contribution is 5.84. The first-order chi connectivity index (χ1) is 12.2. The van der Waals surface area contributed by atoms with Gasteiger partial charge < -0.3 is 9.47 Å². The van der Waals surface area contributed by atoms with Crippen molar-refractivity contribution in [2.75, 3.05) is 14.2 Å². The van der Waals surface area contributed by atoms with E-state index < -0.39 is 0 Å². The second-order valence-corrected chi connectivity index (χ2v) is 9.48. The molecule has 134 valence electrons. The molecule has 0 amide bonds. The van der Waals surface area contributed by atoms with Gasteiger partial charge in [0.25, 0.3) is 0 Å². The third-order valence-electron chi connectivity index (χ3n) is 9.34. The fraction of sp³-hybridized carbons (Fsp3) is 0.810. The van der Waals surface area contributed by atoms with Crippen molar-refractivity contribution in [3.05, 3.63) is 12.2 Å². The van der Waals surface area contributed by atoms with Crippen LogP contribution >= 0.6 is 0 Å². The van der Waals surface area contributed by atoms with E-state index in [1.165, 1.54) is 27.1 Å². The number of methoxy groups -OCH3 is 2. The van der Waals surface area contributed by atoms with Crippen LogP contribution in [0.25, 0.3) is 0 Å². The van der Waals surface area contributed by atoms with E-state index in [4.69, 9.17) is 9.47 Å². The van der Waals surface area contributed by atoms with E-state index in [0.29, 0.717) is 23.7 Å². The maximum Gasteiger partial charge on any atom is 0.309 e. The molecule has 0 N–H and O–H groups in total. The average molecular weight is 342 g/mol. The SMILES string of the molecule is COC(=O)C1C2CC(C1C(=O)OC)C1C3CC(C4C5C=CC(C5)C34)C21. The Balaban J connectivity index is 1.40. The molecule has 6 bridgehead atoms. The Morgan fingerprint density at radius 1 is 0.680 bits per heavy atom. The number of fused-ring (bicyclic) bond motifs is 16. The highest BCUT2D eigenvalue weighted by Gasteiger charge is 2.74. The molecule has 0 aromatic heterocycles. The second kappa shape index (κ2) is 4.69. The van der Waals surface area contributed by atoms with Gasteiger partial charge in [-0.15, -0.1) is 0 Å². The average Bonchev–Trinajstić information content (AvgIpc) is 3.42. The summed E-state index contributed by atoms with van der Waals surface area (Å²) in [5, 5.41) is 0. The predicted octanol–water partition coefficient (Wildman–Crippen LogP) is 2.53. The fourth-order valence-corrected chi connectivity index (χ4v) is 9.19. The number of carbonyl (C=O) groups is 2. The fourth-order valence-electron chi connectivity index (χ4n) is 9.19. The van der Waals surface area contributed by atoms with Gasteiger partial charge in [0, 0.05) is 0 Å². The predicted molar refractivity (Wildman–Crippen MR) is 88.9 cm³/mol. The van der Waals surface area contributed by atoms with E-state index in [2.05, 4.69) is 12.2 Å². The van der Waals surface area contributed by atoms with Gasteiger partial charge in [-0.3, -0.25) is 9.59 Å². The number of esters is 2. The molecule has 25 heavy (non-hydrogen) atoms. The van der Waals surface area contributed by atoms with E-state index >= 15 is 0 Å². The Kier molecular flexibility index (Phi) is 2.78. The largest absolute Gasteiger partial charge is 0.469 e. The normalized spacial score (nSPS) is 58.5. The van der Waals surface area contributed by atoms with Crippen LogP contribution in [0.3, 0.4) is 0 Å². The molecule has 12 unspecified atom stereocenters. The standard InChI is InChI=1S/C21H26O4/c1-24-20(22)18-12-7-13(19(18)21(23)25-2)17-11-6-10(16(12)17)14-8-3-4-9(5-8)15(11)14/h3-4,8-19H,5-7H2,1-2H3. The number of hydrogen-bond acceptors (Lipinski definition) is 4. The van der Waals surface area contributed by atoms with Gasteiger partial charge >= 0.3 is 11.9 Å². The van der Waals surface area contributed by atoms with Gasteiger partial charge in [-0.25, -0.2) is 0 Å². The van der Waals surface area contributed by atoms with E-state index in [1.54, 1.807) is 0 Å². The van der Waals surface area contributed by atoms with E-state index in [9.17, 15) is 9.59 Å². The van der Waals surface area contributed by atoms with Crippen molar-refractivity contribution in [3.8, 4) is 0 Å². The summed E-state index contributed by atoms with van der Waals surface area (Å²) >= 11 is 0. The third kappa shape index (κ3) is 1.53. The zero-order valence-corrected chi connectivity index (χ0v) is 14.8. The number of hydrogen-bond donors (Lipinski definition) is 0. The van der Waals surface area contributed by atoms with Crippen LogP contribution in [0.2, 0.25) is 0 Å². The minimum Gasteiger partial charge on any atom is -0.469 e. The number of rotatable bonds is 2. The molecule has 6 aliphatic rings. The third-order valence-corrected chi connectivity index (χ3v) is 9.34. The van der Waals surface area contributed by atoms with Crippen molar-refractivity contribution in [2.45, 2.75) is 19.3 Å². The Morgan fingerprint density at radius 2 is 1.12 bits per heavy atom. The van der Waals surface area contributed by atoms with Crippen LogP contribution in [0.15, 0.2) is 12.2 Å². The van der Waals surface area contributed by atoms with Gasteiger partial charge in [0.05, 0.1) is 26.1 Å². The van der Waals surface area contributed by atoms with Crippen molar-refractivity contribution in [1.82, 2.24) is 0 Å². The summed E-state index contributed by atoms with van der Waals surface area (Å²) in [4.78, 5) is 25.1. The maximum absolute atomic E-state index is 12.5. The molecule has 0 heterocycles. The Morgan fingerprint density at radius 3 is 1.56 bits per heavy atom. The minimum absolute atomic E-state index is 0.187. The molecule has 12 atom stereocenters. The first kappa shape index (κ1) is 14.8. The zero-order chi connectivity index (χ0) is 17.0. The molecular weight excluding hydrogens is 316 g/mol. The van der Waals surface area contributed by atoms with Crippen LogP contribution in [0, 0.1) is 71.0 Å². The summed E-state index contributed by atoms with van der Waals surface area (Å²) in [6, 6.07) is 0. The van der Waals surface area contributed by atoms with Crippen LogP contribution < -0.4 is 0 Å². The summed E-state index contributed by atoms with van der Waals surface area (Å²) in [5.41, 5.74) is 0. The molecule has 0 radical (unpaired) electrons. The van der Waals surface area contributed by atoms with Crippen LogP contribution in [0.5, 0.6) is 0 Å². The van der Waals surface area contributed by atoms with E-state index in [0.717, 1.165) is 41.9 Å². The first-order valence-corrected chi connectivity index (χ1v) is 9.99. The van der Waals surface area contributed by atoms with Crippen molar-refractivity contribution in [1.29, 1.82) is 0 Å². The summed E-state index contributed by atoms with van der Waals surface area (Å²) in [6.07, 6.45) is 8.68. The topological polar surface area (TPSA) is 52.6 Å². The van der Waals surface area contributed by atoms with Crippen molar-refractivity contribution in [3.63, 3.8) is 0 Å². The zero-order valence-electron chi connectivity index (χ0n) is 14.8. The van der Waals surface area contributed by atoms with Crippen molar-refractivity contribution < 1.29 is 19.1 Å². The van der Waals surface area contributed by atoms with E-state index in [-0.39, 0.29) is 23.8 Å². The van der Waals surface area contributed by atoms with Crippen LogP contribution in [-0.4, -0.2) is 26.2 Å². The van der Waals surface area contributed by atoms with Gasteiger partial charge in [0.1, 0.15) is 0 Å². The lowest BCUT2D eigenvalue weighted by atomic mass is 9.57. The van der Waals surface area contributed by atoms with Crippen LogP contribution in [0.1, 0.15) is 19.3 Å². The van der Waals surface area contributed by atoms with Crippen molar-refractivity contribution in [2.24, 2.45) is 71.0 Å². The molecular formula is C21H26O4. The van der Waals surface area contributed by atoms with Crippen molar-refractivity contribution >= 4 is 11.9 Å². The Hall–Kier alpha value is -1.32. The lowest BCUT2D eigenvalue weighted by molar-refractivity contribution is -0.164. The lowest BCUT2D eigenvalue weighted by Crippen LogP contribution is -2.48. The van der Waals surface area contributed by atoms with Crippen LogP contribution in [0.4, 0.5) is 0 Å². The number of ether oxygens (including phenoxy) is 2. The molecule has 6 rings (SSSR count). The number of allylic oxidation sites excluding steroid dienone is 2. The molecule has 5 fully saturated rings. The molecule has 6 aliphatic carbocycles. The molecule has 0 aromatic carbocycles. The molecule has 5 saturated carbocycles. The quantitative estimate of drug-likeness (QED) is 0.440. The molecule has 4 heteroatoms. The van der Waals surface area contributed by atoms with Gasteiger partial charge in [0.2, 0.25) is 0 Å². The highest BCUT2D eigenvalue weighted by Crippen LogP contribution is 2.77. The summed E-state index contributed by atoms with van der Waals surface area (Å²) in [7, 11) is 2.91. The highest BCUT2D eigenvalue weighted by atomic mass is 16.5. The summed E-state index contributed by atoms with van der Waals surface area (Å²) in [6.45, 7) is 0. The molecule has 4 nitrogen and oxygen atoms in total. The van der Waals surface area contributed by atoms with Gasteiger partial charge in [-0.1, -0.05) is 12.2 Å². The van der Waals surface area contributed by atoms with E-state index in [1.807, 2.05) is 0 Å². The smallest absolute Gasteiger partial charge is 0.309 e. The molecule has 0 saturated heterocycles. The monoisotopic (exact) mass is 342 g/mol.